The minimum Gasteiger partial charge on any atom is -0.444 e. The van der Waals surface area contributed by atoms with Crippen LogP contribution in [0.2, 0.25) is 0 Å². The smallest absolute Gasteiger partial charge is 0.410 e. The van der Waals surface area contributed by atoms with Crippen molar-refractivity contribution < 1.29 is 14.3 Å². The minimum absolute atomic E-state index is 0. The molecule has 0 aromatic heterocycles. The fourth-order valence-electron chi connectivity index (χ4n) is 3.34. The van der Waals surface area contributed by atoms with E-state index in [1.807, 2.05) is 25.7 Å². The van der Waals surface area contributed by atoms with Gasteiger partial charge in [-0.05, 0) is 51.4 Å². The second-order valence-electron chi connectivity index (χ2n) is 9.69. The van der Waals surface area contributed by atoms with Crippen molar-refractivity contribution >= 4 is 36.0 Å². The van der Waals surface area contributed by atoms with Crippen molar-refractivity contribution in [1.29, 1.82) is 0 Å². The fourth-order valence-corrected chi connectivity index (χ4v) is 3.34. The molecule has 2 N–H and O–H groups in total. The van der Waals surface area contributed by atoms with Gasteiger partial charge in [0, 0.05) is 40.3 Å². The lowest BCUT2D eigenvalue weighted by Gasteiger charge is -2.34. The van der Waals surface area contributed by atoms with Gasteiger partial charge in [-0.2, -0.15) is 0 Å². The van der Waals surface area contributed by atoms with Crippen LogP contribution in [0.25, 0.3) is 0 Å². The number of methoxy groups -OCH3 is 1. The van der Waals surface area contributed by atoms with Crippen molar-refractivity contribution in [1.82, 2.24) is 15.5 Å². The summed E-state index contributed by atoms with van der Waals surface area (Å²) >= 11 is 0. The standard InChI is InChI=1S/C21H42N4O3.HI/c1-20(2,3)17(27-8)14-24-18(22-7)23-12-11-16-10-9-13-25(15-16)19(26)28-21(4,5)6;/h16-17H,9-15H2,1-8H3,(H2,22,23,24);1H. The van der Waals surface area contributed by atoms with E-state index in [1.54, 1.807) is 14.2 Å². The van der Waals surface area contributed by atoms with Crippen LogP contribution in [0.4, 0.5) is 4.79 Å². The number of halogens is 1. The van der Waals surface area contributed by atoms with Crippen molar-refractivity contribution in [3.05, 3.63) is 0 Å². The molecule has 0 saturated carbocycles. The molecule has 0 bridgehead atoms. The second kappa shape index (κ2) is 12.8. The van der Waals surface area contributed by atoms with Crippen LogP contribution in [-0.2, 0) is 9.47 Å². The van der Waals surface area contributed by atoms with E-state index in [-0.39, 0.29) is 41.6 Å². The maximum absolute atomic E-state index is 12.3. The molecule has 0 aliphatic carbocycles. The Morgan fingerprint density at radius 2 is 1.86 bits per heavy atom. The van der Waals surface area contributed by atoms with Crippen molar-refractivity contribution in [3.8, 4) is 0 Å². The van der Waals surface area contributed by atoms with Gasteiger partial charge in [0.25, 0.3) is 0 Å². The first kappa shape index (κ1) is 28.2. The predicted molar refractivity (Wildman–Crippen MR) is 130 cm³/mol. The maximum atomic E-state index is 12.3. The molecule has 1 fully saturated rings. The maximum Gasteiger partial charge on any atom is 0.410 e. The molecule has 172 valence electrons. The Morgan fingerprint density at radius 3 is 2.38 bits per heavy atom. The molecule has 8 heteroatoms. The third kappa shape index (κ3) is 11.3. The highest BCUT2D eigenvalue weighted by Crippen LogP contribution is 2.22. The van der Waals surface area contributed by atoms with Gasteiger partial charge in [-0.1, -0.05) is 20.8 Å². The number of carbonyl (C=O) groups excluding carboxylic acids is 1. The van der Waals surface area contributed by atoms with Crippen LogP contribution in [0, 0.1) is 11.3 Å². The molecule has 7 nitrogen and oxygen atoms in total. The van der Waals surface area contributed by atoms with Crippen LogP contribution in [-0.4, -0.2) is 69.0 Å². The fraction of sp³-hybridized carbons (Fsp3) is 0.905. The van der Waals surface area contributed by atoms with E-state index < -0.39 is 5.60 Å². The van der Waals surface area contributed by atoms with Gasteiger partial charge in [0.05, 0.1) is 6.10 Å². The van der Waals surface area contributed by atoms with Crippen LogP contribution in [0.3, 0.4) is 0 Å². The molecule has 1 aliphatic rings. The molecule has 2 unspecified atom stereocenters. The Hall–Kier alpha value is -0.770. The number of ether oxygens (including phenoxy) is 2. The molecule has 0 spiro atoms. The number of nitrogens with zero attached hydrogens (tertiary/aromatic N) is 2. The first-order valence-corrected chi connectivity index (χ1v) is 10.4. The number of rotatable bonds is 6. The Morgan fingerprint density at radius 1 is 1.21 bits per heavy atom. The number of nitrogens with one attached hydrogen (secondary N) is 2. The molecule has 1 saturated heterocycles. The summed E-state index contributed by atoms with van der Waals surface area (Å²) in [4.78, 5) is 18.4. The number of hydrogen-bond acceptors (Lipinski definition) is 4. The molecular weight excluding hydrogens is 483 g/mol. The molecule has 1 aliphatic heterocycles. The summed E-state index contributed by atoms with van der Waals surface area (Å²) in [6, 6.07) is 0. The first-order valence-electron chi connectivity index (χ1n) is 10.4. The molecule has 29 heavy (non-hydrogen) atoms. The number of likely N-dealkylation sites (tertiary alicyclic amines) is 1. The lowest BCUT2D eigenvalue weighted by Crippen LogP contribution is -2.46. The van der Waals surface area contributed by atoms with Gasteiger partial charge in [0.15, 0.2) is 5.96 Å². The van der Waals surface area contributed by atoms with Crippen LogP contribution in [0.1, 0.15) is 60.8 Å². The summed E-state index contributed by atoms with van der Waals surface area (Å²) in [5.41, 5.74) is -0.384. The Labute approximate surface area is 194 Å². The van der Waals surface area contributed by atoms with Gasteiger partial charge < -0.3 is 25.0 Å². The highest BCUT2D eigenvalue weighted by Gasteiger charge is 2.27. The van der Waals surface area contributed by atoms with Crippen LogP contribution in [0.15, 0.2) is 4.99 Å². The van der Waals surface area contributed by atoms with Crippen LogP contribution < -0.4 is 10.6 Å². The average Bonchev–Trinajstić information content (AvgIpc) is 2.58. The SMILES string of the molecule is CN=C(NCCC1CCCN(C(=O)OC(C)(C)C)C1)NCC(OC)C(C)(C)C.I. The molecule has 2 atom stereocenters. The van der Waals surface area contributed by atoms with Gasteiger partial charge in [-0.15, -0.1) is 24.0 Å². The van der Waals surface area contributed by atoms with Crippen molar-refractivity contribution in [2.24, 2.45) is 16.3 Å². The highest BCUT2D eigenvalue weighted by atomic mass is 127. The van der Waals surface area contributed by atoms with Crippen molar-refractivity contribution in [2.75, 3.05) is 40.3 Å². The summed E-state index contributed by atoms with van der Waals surface area (Å²) < 4.78 is 11.1. The molecular formula is C21H43IN4O3. The van der Waals surface area contributed by atoms with E-state index in [1.165, 1.54) is 0 Å². The van der Waals surface area contributed by atoms with Crippen LogP contribution >= 0.6 is 24.0 Å². The zero-order valence-corrected chi connectivity index (χ0v) is 22.0. The molecule has 0 radical (unpaired) electrons. The van der Waals surface area contributed by atoms with Crippen molar-refractivity contribution in [2.45, 2.75) is 72.5 Å². The average molecular weight is 527 g/mol. The number of guanidine groups is 1. The van der Waals surface area contributed by atoms with Gasteiger partial charge >= 0.3 is 6.09 Å². The van der Waals surface area contributed by atoms with E-state index in [0.717, 1.165) is 44.9 Å². The topological polar surface area (TPSA) is 75.2 Å². The number of carbonyl (C=O) groups is 1. The van der Waals surface area contributed by atoms with Gasteiger partial charge in [-0.25, -0.2) is 4.79 Å². The number of aliphatic imine (C=N–C) groups is 1. The molecule has 1 amide bonds. The van der Waals surface area contributed by atoms with E-state index in [4.69, 9.17) is 9.47 Å². The van der Waals surface area contributed by atoms with E-state index in [0.29, 0.717) is 12.5 Å². The first-order chi connectivity index (χ1) is 13.0. The molecule has 0 aromatic carbocycles. The zero-order chi connectivity index (χ0) is 21.4. The summed E-state index contributed by atoms with van der Waals surface area (Å²) in [5.74, 6) is 1.26. The summed E-state index contributed by atoms with van der Waals surface area (Å²) in [6.07, 6.45) is 3.07. The van der Waals surface area contributed by atoms with E-state index in [2.05, 4.69) is 36.4 Å². The Kier molecular flexibility index (Phi) is 12.5. The third-order valence-electron chi connectivity index (χ3n) is 4.94. The van der Waals surface area contributed by atoms with Crippen molar-refractivity contribution in [3.63, 3.8) is 0 Å². The van der Waals surface area contributed by atoms with Gasteiger partial charge in [-0.3, -0.25) is 4.99 Å². The lowest BCUT2D eigenvalue weighted by atomic mass is 9.89. The molecule has 1 rings (SSSR count). The number of piperidine rings is 1. The highest BCUT2D eigenvalue weighted by molar-refractivity contribution is 14.0. The van der Waals surface area contributed by atoms with E-state index in [9.17, 15) is 4.79 Å². The normalized spacial score (nSPS) is 19.2. The van der Waals surface area contributed by atoms with Gasteiger partial charge in [0.1, 0.15) is 5.60 Å². The summed E-state index contributed by atoms with van der Waals surface area (Å²) in [5, 5.41) is 6.73. The predicted octanol–water partition coefficient (Wildman–Crippen LogP) is 3.87. The molecule has 1 heterocycles. The Balaban J connectivity index is 0.00000784. The zero-order valence-electron chi connectivity index (χ0n) is 19.6. The second-order valence-corrected chi connectivity index (χ2v) is 9.69. The Bertz CT molecular complexity index is 515. The van der Waals surface area contributed by atoms with Crippen LogP contribution in [0.5, 0.6) is 0 Å². The molecule has 0 aromatic rings. The van der Waals surface area contributed by atoms with Gasteiger partial charge in [0.2, 0.25) is 0 Å². The number of hydrogen-bond donors (Lipinski definition) is 2. The summed E-state index contributed by atoms with van der Waals surface area (Å²) in [6.45, 7) is 15.3. The lowest BCUT2D eigenvalue weighted by molar-refractivity contribution is 0.0162. The quantitative estimate of drug-likeness (QED) is 0.312. The number of amides is 1. The minimum atomic E-state index is -0.448. The largest absolute Gasteiger partial charge is 0.444 e. The summed E-state index contributed by atoms with van der Waals surface area (Å²) in [7, 11) is 3.52. The van der Waals surface area contributed by atoms with E-state index >= 15 is 0 Å². The monoisotopic (exact) mass is 526 g/mol. The third-order valence-corrected chi connectivity index (χ3v) is 4.94.